The van der Waals surface area contributed by atoms with Gasteiger partial charge in [0, 0.05) is 0 Å². The van der Waals surface area contributed by atoms with E-state index in [1.54, 1.807) is 33.9 Å². The Balaban J connectivity index is 2.87. The summed E-state index contributed by atoms with van der Waals surface area (Å²) in [5.41, 5.74) is -1.24. The molecule has 0 aliphatic heterocycles. The zero-order valence-corrected chi connectivity index (χ0v) is 19.4. The lowest BCUT2D eigenvalue weighted by molar-refractivity contribution is -0.145. The Labute approximate surface area is 181 Å². The Hall–Kier alpha value is -2.14. The molecule has 2 rings (SSSR count). The molecular formula is C21H23F7O3Si. The van der Waals surface area contributed by atoms with Gasteiger partial charge in [-0.05, 0) is 25.1 Å². The van der Waals surface area contributed by atoms with E-state index in [4.69, 9.17) is 9.16 Å². The van der Waals surface area contributed by atoms with Gasteiger partial charge >= 0.3 is 5.97 Å². The van der Waals surface area contributed by atoms with Gasteiger partial charge in [-0.15, -0.1) is 0 Å². The molecule has 32 heavy (non-hydrogen) atoms. The van der Waals surface area contributed by atoms with Crippen molar-refractivity contribution >= 4 is 25.1 Å². The van der Waals surface area contributed by atoms with Crippen LogP contribution in [0.2, 0.25) is 18.1 Å². The van der Waals surface area contributed by atoms with Gasteiger partial charge in [-0.25, -0.2) is 30.7 Å². The number of fused-ring (bicyclic) bond motifs is 1. The molecule has 0 amide bonds. The Morgan fingerprint density at radius 1 is 0.812 bits per heavy atom. The molecule has 1 atom stereocenters. The second kappa shape index (κ2) is 9.01. The van der Waals surface area contributed by atoms with Crippen molar-refractivity contribution in [1.29, 1.82) is 0 Å². The van der Waals surface area contributed by atoms with Gasteiger partial charge in [-0.1, -0.05) is 20.8 Å². The van der Waals surface area contributed by atoms with Crippen molar-refractivity contribution in [1.82, 2.24) is 0 Å². The molecule has 0 heterocycles. The minimum absolute atomic E-state index is 0.0764. The number of benzene rings is 2. The van der Waals surface area contributed by atoms with Crippen LogP contribution in [0.1, 0.15) is 45.8 Å². The van der Waals surface area contributed by atoms with E-state index in [1.807, 2.05) is 0 Å². The number of ether oxygens (including phenoxy) is 1. The number of hydrogen-bond donors (Lipinski definition) is 0. The maximum Gasteiger partial charge on any atom is 0.308 e. The number of rotatable bonds is 6. The summed E-state index contributed by atoms with van der Waals surface area (Å²) in [4.78, 5) is 12.1. The first-order valence-electron chi connectivity index (χ1n) is 9.72. The van der Waals surface area contributed by atoms with Crippen LogP contribution in [0.15, 0.2) is 0 Å². The van der Waals surface area contributed by atoms with Crippen LogP contribution in [0.25, 0.3) is 10.8 Å². The van der Waals surface area contributed by atoms with Crippen LogP contribution in [-0.2, 0) is 14.0 Å². The molecule has 0 aliphatic rings. The highest BCUT2D eigenvalue weighted by Gasteiger charge is 2.42. The zero-order chi connectivity index (χ0) is 24.8. The summed E-state index contributed by atoms with van der Waals surface area (Å²) in [7, 11) is -2.88. The summed E-state index contributed by atoms with van der Waals surface area (Å²) < 4.78 is 111. The molecule has 0 saturated carbocycles. The zero-order valence-electron chi connectivity index (χ0n) is 18.4. The lowest BCUT2D eigenvalue weighted by Gasteiger charge is -2.39. The van der Waals surface area contributed by atoms with Crippen LogP contribution in [0.5, 0.6) is 0 Å². The Bertz CT molecular complexity index is 1060. The van der Waals surface area contributed by atoms with E-state index in [0.717, 1.165) is 0 Å². The molecule has 2 aromatic carbocycles. The van der Waals surface area contributed by atoms with E-state index in [-0.39, 0.29) is 6.61 Å². The maximum absolute atomic E-state index is 15.3. The van der Waals surface area contributed by atoms with Gasteiger partial charge in [-0.2, -0.15) is 0 Å². The van der Waals surface area contributed by atoms with E-state index >= 15 is 4.39 Å². The van der Waals surface area contributed by atoms with Crippen molar-refractivity contribution in [3.63, 3.8) is 0 Å². The fourth-order valence-electron chi connectivity index (χ4n) is 2.89. The molecular weight excluding hydrogens is 461 g/mol. The molecule has 0 radical (unpaired) electrons. The molecule has 0 aliphatic carbocycles. The third kappa shape index (κ3) is 4.50. The average molecular weight is 484 g/mol. The first-order chi connectivity index (χ1) is 14.6. The molecule has 0 saturated heterocycles. The van der Waals surface area contributed by atoms with E-state index < -0.39 is 88.9 Å². The molecule has 2 aromatic rings. The molecule has 1 unspecified atom stereocenters. The predicted octanol–water partition coefficient (Wildman–Crippen LogP) is 6.83. The van der Waals surface area contributed by atoms with Gasteiger partial charge in [0.25, 0.3) is 0 Å². The minimum atomic E-state index is -2.88. The first kappa shape index (κ1) is 26.1. The quantitative estimate of drug-likeness (QED) is 0.148. The van der Waals surface area contributed by atoms with Crippen LogP contribution in [-0.4, -0.2) is 20.9 Å². The standard InChI is InChI=1S/C21H23F7O3Si/c1-7-30-10(29)8-9(31-32(5,6)21(2,3)4)11-14(22)12-13(16(24)15(11)23)18(26)20(28)19(27)17(12)25/h9H,7-8H2,1-6H3. The molecule has 0 bridgehead atoms. The third-order valence-electron chi connectivity index (χ3n) is 5.59. The Morgan fingerprint density at radius 2 is 1.25 bits per heavy atom. The first-order valence-corrected chi connectivity index (χ1v) is 12.6. The second-order valence-corrected chi connectivity index (χ2v) is 13.5. The summed E-state index contributed by atoms with van der Waals surface area (Å²) in [5, 5.41) is -3.88. The fraction of sp³-hybridized carbons (Fsp3) is 0.476. The summed E-state index contributed by atoms with van der Waals surface area (Å²) in [6.07, 6.45) is -2.59. The summed E-state index contributed by atoms with van der Waals surface area (Å²) >= 11 is 0. The number of esters is 1. The van der Waals surface area contributed by atoms with E-state index in [9.17, 15) is 31.1 Å². The van der Waals surface area contributed by atoms with Crippen molar-refractivity contribution < 1.29 is 44.7 Å². The van der Waals surface area contributed by atoms with Crippen molar-refractivity contribution in [3.05, 3.63) is 46.3 Å². The monoisotopic (exact) mass is 484 g/mol. The van der Waals surface area contributed by atoms with Crippen LogP contribution < -0.4 is 0 Å². The highest BCUT2D eigenvalue weighted by Crippen LogP contribution is 2.43. The smallest absolute Gasteiger partial charge is 0.308 e. The lowest BCUT2D eigenvalue weighted by atomic mass is 9.98. The molecule has 0 fully saturated rings. The number of carbonyl (C=O) groups is 1. The SMILES string of the molecule is CCOC(=O)CC(O[Si](C)(C)C(C)(C)C)c1c(F)c(F)c2c(F)c(F)c(F)c(F)c2c1F. The largest absolute Gasteiger partial charge is 0.466 e. The molecule has 11 heteroatoms. The van der Waals surface area contributed by atoms with Gasteiger partial charge in [-0.3, -0.25) is 4.79 Å². The summed E-state index contributed by atoms with van der Waals surface area (Å²) in [5.74, 6) is -16.3. The van der Waals surface area contributed by atoms with Gasteiger partial charge in [0.2, 0.25) is 0 Å². The van der Waals surface area contributed by atoms with Crippen LogP contribution >= 0.6 is 0 Å². The van der Waals surface area contributed by atoms with Gasteiger partial charge in [0.15, 0.2) is 43.2 Å². The summed E-state index contributed by atoms with van der Waals surface area (Å²) in [6, 6.07) is 0. The lowest BCUT2D eigenvalue weighted by Crippen LogP contribution is -2.42. The van der Waals surface area contributed by atoms with Gasteiger partial charge in [0.05, 0.1) is 35.5 Å². The Kier molecular flexibility index (Phi) is 7.35. The molecule has 0 spiro atoms. The topological polar surface area (TPSA) is 35.5 Å². The fourth-order valence-corrected chi connectivity index (χ4v) is 4.16. The number of carbonyl (C=O) groups excluding carboxylic acids is 1. The Morgan fingerprint density at radius 3 is 1.69 bits per heavy atom. The molecule has 3 nitrogen and oxygen atoms in total. The van der Waals surface area contributed by atoms with Crippen molar-refractivity contribution in [2.75, 3.05) is 6.61 Å². The summed E-state index contributed by atoms with van der Waals surface area (Å²) in [6.45, 7) is 10.1. The van der Waals surface area contributed by atoms with Crippen molar-refractivity contribution in [3.8, 4) is 0 Å². The third-order valence-corrected chi connectivity index (χ3v) is 10.1. The minimum Gasteiger partial charge on any atom is -0.466 e. The molecule has 178 valence electrons. The van der Waals surface area contributed by atoms with Gasteiger partial charge < -0.3 is 9.16 Å². The van der Waals surface area contributed by atoms with E-state index in [1.165, 1.54) is 6.92 Å². The highest BCUT2D eigenvalue weighted by molar-refractivity contribution is 6.74. The van der Waals surface area contributed by atoms with E-state index in [2.05, 4.69) is 0 Å². The molecule has 0 aromatic heterocycles. The number of halogens is 7. The second-order valence-electron chi connectivity index (χ2n) is 8.74. The maximum atomic E-state index is 15.3. The average Bonchev–Trinajstić information content (AvgIpc) is 2.66. The number of hydrogen-bond acceptors (Lipinski definition) is 3. The van der Waals surface area contributed by atoms with Crippen molar-refractivity contribution in [2.45, 2.75) is 58.4 Å². The van der Waals surface area contributed by atoms with Gasteiger partial charge in [0.1, 0.15) is 5.82 Å². The predicted molar refractivity (Wildman–Crippen MR) is 106 cm³/mol. The molecule has 0 N–H and O–H groups in total. The highest BCUT2D eigenvalue weighted by atomic mass is 28.4. The van der Waals surface area contributed by atoms with Crippen molar-refractivity contribution in [2.24, 2.45) is 0 Å². The van der Waals surface area contributed by atoms with E-state index in [0.29, 0.717) is 0 Å². The van der Waals surface area contributed by atoms with Crippen LogP contribution in [0, 0.1) is 40.7 Å². The van der Waals surface area contributed by atoms with Crippen LogP contribution in [0.4, 0.5) is 30.7 Å². The normalized spacial score (nSPS) is 13.5. The van der Waals surface area contributed by atoms with Crippen LogP contribution in [0.3, 0.4) is 0 Å².